The van der Waals surface area contributed by atoms with E-state index in [1.807, 2.05) is 0 Å². The Labute approximate surface area is 112 Å². The molecule has 1 aromatic carbocycles. The number of nitrogens with zero attached hydrogens (tertiary/aromatic N) is 3. The van der Waals surface area contributed by atoms with Gasteiger partial charge in [-0.25, -0.2) is 9.59 Å². The second-order valence-corrected chi connectivity index (χ2v) is 4.11. The van der Waals surface area contributed by atoms with Crippen LogP contribution in [-0.4, -0.2) is 34.0 Å². The zero-order chi connectivity index (χ0) is 13.8. The molecule has 0 radical (unpaired) electrons. The minimum Gasteiger partial charge on any atom is -0.410 e. The van der Waals surface area contributed by atoms with Crippen LogP contribution in [0.3, 0.4) is 0 Å². The van der Waals surface area contributed by atoms with Gasteiger partial charge in [-0.3, -0.25) is 0 Å². The van der Waals surface area contributed by atoms with Gasteiger partial charge >= 0.3 is 11.8 Å². The number of carbonyl (C=O) groups excluding carboxylic acids is 1. The molecular weight excluding hydrogens is 270 g/mol. The van der Waals surface area contributed by atoms with E-state index in [4.69, 9.17) is 9.57 Å². The van der Waals surface area contributed by atoms with E-state index in [0.717, 1.165) is 4.73 Å². The fourth-order valence-corrected chi connectivity index (χ4v) is 1.85. The summed E-state index contributed by atoms with van der Waals surface area (Å²) in [4.78, 5) is 28.5. The maximum atomic E-state index is 11.8. The van der Waals surface area contributed by atoms with Crippen LogP contribution in [0.15, 0.2) is 40.3 Å². The second kappa shape index (κ2) is 5.61. The van der Waals surface area contributed by atoms with Crippen molar-refractivity contribution in [2.24, 2.45) is 0 Å². The molecule has 0 atom stereocenters. The normalized spacial score (nSPS) is 10.2. The van der Waals surface area contributed by atoms with E-state index in [1.165, 1.54) is 18.9 Å². The fraction of sp³-hybridized carbons (Fsp3) is 0.182. The van der Waals surface area contributed by atoms with E-state index >= 15 is 0 Å². The van der Waals surface area contributed by atoms with Crippen LogP contribution in [0.4, 0.5) is 4.79 Å². The zero-order valence-electron chi connectivity index (χ0n) is 10.3. The Kier molecular flexibility index (Phi) is 3.91. The summed E-state index contributed by atoms with van der Waals surface area (Å²) in [7, 11) is 1.32. The second-order valence-electron chi connectivity index (χ2n) is 3.34. The predicted molar refractivity (Wildman–Crippen MR) is 68.6 cm³/mol. The van der Waals surface area contributed by atoms with Gasteiger partial charge in [0, 0.05) is 0 Å². The Morgan fingerprint density at radius 2 is 2.00 bits per heavy atom. The van der Waals surface area contributed by atoms with Crippen molar-refractivity contribution in [2.45, 2.75) is 5.16 Å². The first kappa shape index (κ1) is 13.2. The first-order valence-corrected chi connectivity index (χ1v) is 6.47. The zero-order valence-corrected chi connectivity index (χ0v) is 11.1. The molecule has 0 aliphatic rings. The highest BCUT2D eigenvalue weighted by Crippen LogP contribution is 2.10. The number of para-hydroxylation sites is 1. The van der Waals surface area contributed by atoms with Gasteiger partial charge in [0.25, 0.3) is 0 Å². The highest BCUT2D eigenvalue weighted by atomic mass is 32.2. The molecule has 0 saturated heterocycles. The van der Waals surface area contributed by atoms with E-state index in [0.29, 0.717) is 10.4 Å². The lowest BCUT2D eigenvalue weighted by Crippen LogP contribution is -2.34. The molecule has 1 heterocycles. The number of thioether (sulfide) groups is 1. The molecule has 0 unspecified atom stereocenters. The summed E-state index contributed by atoms with van der Waals surface area (Å²) in [5.41, 5.74) is -0.715. The molecule has 0 aliphatic heterocycles. The first-order valence-electron chi connectivity index (χ1n) is 5.25. The molecule has 2 rings (SSSR count). The van der Waals surface area contributed by atoms with Crippen LogP contribution in [0.2, 0.25) is 0 Å². The lowest BCUT2D eigenvalue weighted by molar-refractivity contribution is 0.134. The largest absolute Gasteiger partial charge is 0.444 e. The van der Waals surface area contributed by atoms with Gasteiger partial charge in [0.15, 0.2) is 0 Å². The van der Waals surface area contributed by atoms with Crippen LogP contribution in [0, 0.1) is 0 Å². The van der Waals surface area contributed by atoms with Gasteiger partial charge in [-0.05, 0) is 18.4 Å². The molecule has 0 bridgehead atoms. The SMILES string of the molecule is COn1c(SC)nn(C(=O)Oc2ccccc2)c1=O. The van der Waals surface area contributed by atoms with Crippen molar-refractivity contribution in [3.8, 4) is 5.75 Å². The quantitative estimate of drug-likeness (QED) is 0.777. The number of rotatable bonds is 3. The van der Waals surface area contributed by atoms with Gasteiger partial charge in [-0.15, -0.1) is 14.5 Å². The monoisotopic (exact) mass is 281 g/mol. The van der Waals surface area contributed by atoms with Crippen molar-refractivity contribution < 1.29 is 14.4 Å². The molecule has 0 N–H and O–H groups in total. The van der Waals surface area contributed by atoms with Crippen LogP contribution in [-0.2, 0) is 0 Å². The molecule has 2 aromatic rings. The van der Waals surface area contributed by atoms with Crippen LogP contribution in [0.5, 0.6) is 5.75 Å². The molecule has 8 heteroatoms. The molecule has 0 amide bonds. The third kappa shape index (κ3) is 2.63. The molecule has 1 aromatic heterocycles. The summed E-state index contributed by atoms with van der Waals surface area (Å²) < 4.78 is 6.55. The predicted octanol–water partition coefficient (Wildman–Crippen LogP) is 0.872. The van der Waals surface area contributed by atoms with Gasteiger partial charge in [0.1, 0.15) is 12.9 Å². The topological polar surface area (TPSA) is 75.3 Å². The highest BCUT2D eigenvalue weighted by Gasteiger charge is 2.19. The average molecular weight is 281 g/mol. The first-order chi connectivity index (χ1) is 9.17. The standard InChI is InChI=1S/C11H11N3O4S/c1-17-14-9(19-2)12-13(10(14)15)11(16)18-8-6-4-3-5-7-8/h3-7H,1-2H3. The van der Waals surface area contributed by atoms with Gasteiger partial charge in [-0.2, -0.15) is 0 Å². The maximum absolute atomic E-state index is 11.8. The van der Waals surface area contributed by atoms with Crippen molar-refractivity contribution in [1.82, 2.24) is 14.5 Å². The fourth-order valence-electron chi connectivity index (χ4n) is 1.37. The lowest BCUT2D eigenvalue weighted by Gasteiger charge is -2.01. The van der Waals surface area contributed by atoms with E-state index in [9.17, 15) is 9.59 Å². The molecule has 0 aliphatic carbocycles. The van der Waals surface area contributed by atoms with E-state index in [2.05, 4.69) is 5.10 Å². The Bertz CT molecular complexity index is 635. The van der Waals surface area contributed by atoms with E-state index in [1.54, 1.807) is 36.6 Å². The van der Waals surface area contributed by atoms with Crippen LogP contribution >= 0.6 is 11.8 Å². The van der Waals surface area contributed by atoms with Crippen molar-refractivity contribution in [1.29, 1.82) is 0 Å². The number of benzene rings is 1. The molecular formula is C11H11N3O4S. The maximum Gasteiger partial charge on any atom is 0.444 e. The number of hydrogen-bond acceptors (Lipinski definition) is 6. The number of carbonyl (C=O) groups is 1. The summed E-state index contributed by atoms with van der Waals surface area (Å²) in [5.74, 6) is 0.331. The van der Waals surface area contributed by atoms with Crippen LogP contribution in [0.25, 0.3) is 0 Å². The third-order valence-corrected chi connectivity index (χ3v) is 2.81. The van der Waals surface area contributed by atoms with E-state index in [-0.39, 0.29) is 5.16 Å². The average Bonchev–Trinajstić information content (AvgIpc) is 2.76. The van der Waals surface area contributed by atoms with Crippen molar-refractivity contribution in [2.75, 3.05) is 13.4 Å². The van der Waals surface area contributed by atoms with Crippen LogP contribution < -0.4 is 15.3 Å². The van der Waals surface area contributed by atoms with E-state index < -0.39 is 11.8 Å². The smallest absolute Gasteiger partial charge is 0.410 e. The lowest BCUT2D eigenvalue weighted by atomic mass is 10.3. The molecule has 0 spiro atoms. The molecule has 100 valence electrons. The molecule has 0 fully saturated rings. The summed E-state index contributed by atoms with van der Waals surface area (Å²) in [6.45, 7) is 0. The Morgan fingerprint density at radius 3 is 2.53 bits per heavy atom. The van der Waals surface area contributed by atoms with Gasteiger partial charge < -0.3 is 9.57 Å². The summed E-state index contributed by atoms with van der Waals surface area (Å²) >= 11 is 1.18. The Morgan fingerprint density at radius 1 is 1.32 bits per heavy atom. The van der Waals surface area contributed by atoms with Crippen molar-refractivity contribution >= 4 is 17.9 Å². The molecule has 19 heavy (non-hydrogen) atoms. The van der Waals surface area contributed by atoms with Crippen molar-refractivity contribution in [3.05, 3.63) is 40.8 Å². The minimum atomic E-state index is -0.887. The van der Waals surface area contributed by atoms with Gasteiger partial charge in [-0.1, -0.05) is 30.0 Å². The minimum absolute atomic E-state index is 0.262. The van der Waals surface area contributed by atoms with Gasteiger partial charge in [0.2, 0.25) is 5.16 Å². The molecule has 0 saturated carbocycles. The Hall–Kier alpha value is -2.22. The number of hydrogen-bond donors (Lipinski definition) is 0. The van der Waals surface area contributed by atoms with Gasteiger partial charge in [0.05, 0.1) is 0 Å². The Balaban J connectivity index is 2.30. The van der Waals surface area contributed by atoms with Crippen molar-refractivity contribution in [3.63, 3.8) is 0 Å². The summed E-state index contributed by atoms with van der Waals surface area (Å²) in [6, 6.07) is 8.42. The third-order valence-electron chi connectivity index (χ3n) is 2.20. The number of aromatic nitrogens is 3. The summed E-state index contributed by atoms with van der Waals surface area (Å²) in [6.07, 6.45) is 0.826. The highest BCUT2D eigenvalue weighted by molar-refractivity contribution is 7.98. The number of ether oxygens (including phenoxy) is 1. The molecule has 7 nitrogen and oxygen atoms in total. The summed E-state index contributed by atoms with van der Waals surface area (Å²) in [5, 5.41) is 4.09. The van der Waals surface area contributed by atoms with Crippen LogP contribution in [0.1, 0.15) is 0 Å².